The molecule has 3 aromatic rings. The SMILES string of the molecule is C=C(C)[C@@H]1CC[C@]2(COC(c3ccccc3)(c3ccccc3)c3ccccc3)CC[C@]3(C)C(CCC4[C@@]5(C)C=C(O)C(=O)C(C)(C)C5CC[C@]43C)C12. The van der Waals surface area contributed by atoms with Crippen LogP contribution in [-0.2, 0) is 15.1 Å². The fourth-order valence-electron chi connectivity index (χ4n) is 14.0. The molecule has 0 saturated heterocycles. The number of aliphatic hydroxyl groups excluding tert-OH is 1. The largest absolute Gasteiger partial charge is 0.505 e. The molecule has 274 valence electrons. The van der Waals surface area contributed by atoms with Gasteiger partial charge in [0.2, 0.25) is 5.78 Å². The third-order valence-electron chi connectivity index (χ3n) is 16.7. The number of benzene rings is 3. The summed E-state index contributed by atoms with van der Waals surface area (Å²) in [6.07, 6.45) is 11.2. The van der Waals surface area contributed by atoms with Gasteiger partial charge in [-0.2, -0.15) is 0 Å². The lowest BCUT2D eigenvalue weighted by molar-refractivity contribution is -0.226. The molecule has 4 fully saturated rings. The second-order valence-electron chi connectivity index (χ2n) is 19.1. The summed E-state index contributed by atoms with van der Waals surface area (Å²) >= 11 is 0. The molecule has 9 atom stereocenters. The van der Waals surface area contributed by atoms with Crippen LogP contribution in [0.15, 0.2) is 115 Å². The molecular formula is C49H60O3. The van der Waals surface area contributed by atoms with Gasteiger partial charge in [-0.1, -0.05) is 138 Å². The van der Waals surface area contributed by atoms with Crippen LogP contribution in [0.25, 0.3) is 0 Å². The molecule has 52 heavy (non-hydrogen) atoms. The minimum absolute atomic E-state index is 0.00282. The fourth-order valence-corrected chi connectivity index (χ4v) is 14.0. The second-order valence-corrected chi connectivity index (χ2v) is 19.1. The van der Waals surface area contributed by atoms with Crippen molar-refractivity contribution in [3.8, 4) is 0 Å². The third-order valence-corrected chi connectivity index (χ3v) is 16.7. The molecule has 0 amide bonds. The highest BCUT2D eigenvalue weighted by Gasteiger charge is 2.71. The number of ketones is 1. The van der Waals surface area contributed by atoms with Crippen molar-refractivity contribution in [2.45, 2.75) is 98.5 Å². The van der Waals surface area contributed by atoms with Crippen LogP contribution in [0.1, 0.15) is 110 Å². The average molecular weight is 697 g/mol. The van der Waals surface area contributed by atoms with Crippen LogP contribution in [0.5, 0.6) is 0 Å². The van der Waals surface area contributed by atoms with E-state index in [1.54, 1.807) is 0 Å². The molecule has 1 N–H and O–H groups in total. The summed E-state index contributed by atoms with van der Waals surface area (Å²) in [4.78, 5) is 13.3. The molecule has 0 spiro atoms. The fraction of sp³-hybridized carbons (Fsp3) is 0.531. The molecule has 3 heteroatoms. The normalized spacial score (nSPS) is 37.9. The van der Waals surface area contributed by atoms with Crippen molar-refractivity contribution in [3.05, 3.63) is 132 Å². The predicted molar refractivity (Wildman–Crippen MR) is 211 cm³/mol. The monoisotopic (exact) mass is 696 g/mol. The van der Waals surface area contributed by atoms with E-state index >= 15 is 0 Å². The summed E-state index contributed by atoms with van der Waals surface area (Å²) in [5.74, 6) is 2.13. The van der Waals surface area contributed by atoms with Gasteiger partial charge in [0, 0.05) is 5.41 Å². The molecular weight excluding hydrogens is 637 g/mol. The van der Waals surface area contributed by atoms with E-state index in [9.17, 15) is 9.90 Å². The summed E-state index contributed by atoms with van der Waals surface area (Å²) in [5, 5.41) is 11.1. The number of Topliss-reactive ketones (excluding diaryl/α,β-unsaturated/α-hetero) is 1. The van der Waals surface area contributed by atoms with E-state index in [1.165, 1.54) is 47.9 Å². The van der Waals surface area contributed by atoms with Crippen LogP contribution in [0.3, 0.4) is 0 Å². The van der Waals surface area contributed by atoms with Crippen molar-refractivity contribution >= 4 is 5.78 Å². The standard InChI is InChI=1S/C49H60O3/c1-33(2)37-25-28-48(32-52-49(34-17-11-8-12-18-34,35-19-13-9-14-20-35)36-21-15-10-16-22-36)30-29-46(6)38(42(37)48)23-24-41-45(5)31-39(50)43(51)44(3,4)40(45)26-27-47(41,46)7/h8-22,31,37-38,40-42,50H,1,23-30,32H2,2-7H3/t37-,38?,40?,41?,42?,45-,46+,47+,48+/m0/s1. The van der Waals surface area contributed by atoms with E-state index < -0.39 is 11.0 Å². The van der Waals surface area contributed by atoms with Gasteiger partial charge in [0.05, 0.1) is 6.61 Å². The Morgan fingerprint density at radius 3 is 1.83 bits per heavy atom. The summed E-state index contributed by atoms with van der Waals surface area (Å²) in [5.41, 5.74) is 3.64. The molecule has 3 nitrogen and oxygen atoms in total. The van der Waals surface area contributed by atoms with Crippen LogP contribution in [0.4, 0.5) is 0 Å². The van der Waals surface area contributed by atoms with Gasteiger partial charge in [-0.05, 0) is 132 Å². The second kappa shape index (κ2) is 12.3. The van der Waals surface area contributed by atoms with Gasteiger partial charge >= 0.3 is 0 Å². The Hall–Kier alpha value is -3.43. The highest BCUT2D eigenvalue weighted by Crippen LogP contribution is 2.77. The van der Waals surface area contributed by atoms with Crippen molar-refractivity contribution in [1.82, 2.24) is 0 Å². The zero-order chi connectivity index (χ0) is 36.7. The van der Waals surface area contributed by atoms with E-state index in [0.29, 0.717) is 30.3 Å². The van der Waals surface area contributed by atoms with Crippen molar-refractivity contribution in [3.63, 3.8) is 0 Å². The average Bonchev–Trinajstić information content (AvgIpc) is 3.53. The van der Waals surface area contributed by atoms with Gasteiger partial charge in [0.1, 0.15) is 5.60 Å². The number of aliphatic hydroxyl groups is 1. The lowest BCUT2D eigenvalue weighted by Crippen LogP contribution is -2.66. The number of carbonyl (C=O) groups excluding carboxylic acids is 1. The van der Waals surface area contributed by atoms with Gasteiger partial charge in [-0.25, -0.2) is 0 Å². The van der Waals surface area contributed by atoms with Crippen LogP contribution < -0.4 is 0 Å². The first-order valence-corrected chi connectivity index (χ1v) is 20.2. The predicted octanol–water partition coefficient (Wildman–Crippen LogP) is 11.9. The van der Waals surface area contributed by atoms with Crippen molar-refractivity contribution < 1.29 is 14.6 Å². The van der Waals surface area contributed by atoms with Gasteiger partial charge in [-0.15, -0.1) is 0 Å². The van der Waals surface area contributed by atoms with Crippen LogP contribution in [-0.4, -0.2) is 17.5 Å². The summed E-state index contributed by atoms with van der Waals surface area (Å²) in [6.45, 7) is 19.5. The number of hydrogen-bond acceptors (Lipinski definition) is 3. The molecule has 8 rings (SSSR count). The lowest BCUT2D eigenvalue weighted by Gasteiger charge is -2.71. The van der Waals surface area contributed by atoms with E-state index in [-0.39, 0.29) is 39.1 Å². The maximum atomic E-state index is 13.3. The number of fused-ring (bicyclic) bond motifs is 7. The first kappa shape index (κ1) is 35.6. The quantitative estimate of drug-likeness (QED) is 0.198. The zero-order valence-electron chi connectivity index (χ0n) is 32.5. The Morgan fingerprint density at radius 2 is 1.29 bits per heavy atom. The topological polar surface area (TPSA) is 46.5 Å². The van der Waals surface area contributed by atoms with Crippen LogP contribution >= 0.6 is 0 Å². The van der Waals surface area contributed by atoms with Crippen LogP contribution in [0, 0.1) is 56.7 Å². The molecule has 5 aliphatic rings. The maximum Gasteiger partial charge on any atom is 0.202 e. The van der Waals surface area contributed by atoms with Crippen LogP contribution in [0.2, 0.25) is 0 Å². The maximum absolute atomic E-state index is 13.3. The molecule has 0 bridgehead atoms. The third kappa shape index (κ3) is 4.83. The van der Waals surface area contributed by atoms with Gasteiger partial charge < -0.3 is 9.84 Å². The first-order chi connectivity index (χ1) is 24.7. The van der Waals surface area contributed by atoms with E-state index in [0.717, 1.165) is 25.7 Å². The number of allylic oxidation sites excluding steroid dienone is 3. The molecule has 4 unspecified atom stereocenters. The zero-order valence-corrected chi connectivity index (χ0v) is 32.5. The van der Waals surface area contributed by atoms with Gasteiger partial charge in [0.15, 0.2) is 5.76 Å². The van der Waals surface area contributed by atoms with Crippen molar-refractivity contribution in [2.75, 3.05) is 6.61 Å². The Morgan fingerprint density at radius 1 is 0.731 bits per heavy atom. The smallest absolute Gasteiger partial charge is 0.202 e. The minimum atomic E-state index is -0.735. The summed E-state index contributed by atoms with van der Waals surface area (Å²) < 4.78 is 7.74. The van der Waals surface area contributed by atoms with Gasteiger partial charge in [-0.3, -0.25) is 4.79 Å². The molecule has 3 aromatic carbocycles. The summed E-state index contributed by atoms with van der Waals surface area (Å²) in [6, 6.07) is 32.6. The molecule has 5 aliphatic carbocycles. The Labute approximate surface area is 313 Å². The Bertz CT molecular complexity index is 1760. The van der Waals surface area contributed by atoms with E-state index in [1.807, 2.05) is 6.08 Å². The molecule has 0 aliphatic heterocycles. The van der Waals surface area contributed by atoms with E-state index in [2.05, 4.69) is 139 Å². The lowest BCUT2D eigenvalue weighted by atomic mass is 9.33. The van der Waals surface area contributed by atoms with Crippen molar-refractivity contribution in [2.24, 2.45) is 56.7 Å². The Balaban J connectivity index is 1.20. The van der Waals surface area contributed by atoms with Gasteiger partial charge in [0.25, 0.3) is 0 Å². The molecule has 4 saturated carbocycles. The Kier molecular flexibility index (Phi) is 8.42. The highest BCUT2D eigenvalue weighted by atomic mass is 16.5. The number of rotatable bonds is 7. The highest BCUT2D eigenvalue weighted by molar-refractivity contribution is 5.98. The summed E-state index contributed by atoms with van der Waals surface area (Å²) in [7, 11) is 0. The minimum Gasteiger partial charge on any atom is -0.505 e. The molecule has 0 radical (unpaired) electrons. The number of ether oxygens (including phenoxy) is 1. The van der Waals surface area contributed by atoms with E-state index in [4.69, 9.17) is 4.74 Å². The van der Waals surface area contributed by atoms with Crippen molar-refractivity contribution in [1.29, 1.82) is 0 Å². The number of hydrogen-bond donors (Lipinski definition) is 1. The first-order valence-electron chi connectivity index (χ1n) is 20.2. The molecule has 0 heterocycles. The molecule has 0 aromatic heterocycles. The number of carbonyl (C=O) groups is 1.